The molecule has 0 aromatic carbocycles. The van der Waals surface area contributed by atoms with Crippen molar-refractivity contribution in [2.24, 2.45) is 5.92 Å². The smallest absolute Gasteiger partial charge is 0.161 e. The molecule has 2 saturated heterocycles. The maximum Gasteiger partial charge on any atom is 0.161 e. The zero-order valence-electron chi connectivity index (χ0n) is 6.69. The SMILES string of the molecule is C[C@@H]1CCC2OC1O[C@@H]2CO. The Morgan fingerprint density at radius 1 is 1.36 bits per heavy atom. The van der Waals surface area contributed by atoms with Crippen molar-refractivity contribution >= 4 is 0 Å². The number of aliphatic hydroxyl groups excluding tert-OH is 1. The number of hydrogen-bond donors (Lipinski definition) is 1. The number of rotatable bonds is 1. The van der Waals surface area contributed by atoms with Crippen molar-refractivity contribution < 1.29 is 14.6 Å². The fraction of sp³-hybridized carbons (Fsp3) is 1.00. The third kappa shape index (κ3) is 1.17. The van der Waals surface area contributed by atoms with Crippen LogP contribution in [0.2, 0.25) is 0 Å². The molecule has 0 aliphatic carbocycles. The minimum atomic E-state index is -0.0649. The molecule has 0 amide bonds. The topological polar surface area (TPSA) is 38.7 Å². The number of fused-ring (bicyclic) bond motifs is 2. The Kier molecular flexibility index (Phi) is 1.87. The average molecular weight is 158 g/mol. The van der Waals surface area contributed by atoms with Gasteiger partial charge in [0, 0.05) is 5.92 Å². The molecule has 4 atom stereocenters. The van der Waals surface area contributed by atoms with Crippen molar-refractivity contribution in [2.75, 3.05) is 6.61 Å². The highest BCUT2D eigenvalue weighted by molar-refractivity contribution is 4.84. The lowest BCUT2D eigenvalue weighted by atomic mass is 9.99. The maximum atomic E-state index is 8.89. The van der Waals surface area contributed by atoms with E-state index in [0.29, 0.717) is 5.92 Å². The van der Waals surface area contributed by atoms with Crippen LogP contribution in [0.15, 0.2) is 0 Å². The Balaban J connectivity index is 2.03. The summed E-state index contributed by atoms with van der Waals surface area (Å²) in [5.74, 6) is 0.489. The Morgan fingerprint density at radius 3 is 2.82 bits per heavy atom. The second kappa shape index (κ2) is 2.73. The fourth-order valence-electron chi connectivity index (χ4n) is 1.80. The van der Waals surface area contributed by atoms with E-state index in [9.17, 15) is 0 Å². The standard InChI is InChI=1S/C8H14O3/c1-5-2-3-6-7(4-9)11-8(5)10-6/h5-9H,2-4H2,1H3/t5-,6?,7-,8?/m1/s1. The van der Waals surface area contributed by atoms with Gasteiger partial charge in [0.05, 0.1) is 12.7 Å². The van der Waals surface area contributed by atoms with E-state index in [1.807, 2.05) is 0 Å². The first-order valence-electron chi connectivity index (χ1n) is 4.23. The fourth-order valence-corrected chi connectivity index (χ4v) is 1.80. The number of ether oxygens (including phenoxy) is 2. The predicted molar refractivity (Wildman–Crippen MR) is 39.0 cm³/mol. The van der Waals surface area contributed by atoms with Crippen molar-refractivity contribution in [3.05, 3.63) is 0 Å². The van der Waals surface area contributed by atoms with E-state index in [1.165, 1.54) is 0 Å². The highest BCUT2D eigenvalue weighted by Crippen LogP contribution is 2.34. The molecule has 64 valence electrons. The van der Waals surface area contributed by atoms with Crippen LogP contribution in [0.5, 0.6) is 0 Å². The van der Waals surface area contributed by atoms with E-state index in [1.54, 1.807) is 0 Å². The summed E-state index contributed by atoms with van der Waals surface area (Å²) < 4.78 is 11.0. The van der Waals surface area contributed by atoms with Crippen LogP contribution in [0.3, 0.4) is 0 Å². The van der Waals surface area contributed by atoms with Crippen LogP contribution in [-0.4, -0.2) is 30.2 Å². The zero-order chi connectivity index (χ0) is 7.84. The van der Waals surface area contributed by atoms with Crippen molar-refractivity contribution in [1.29, 1.82) is 0 Å². The maximum absolute atomic E-state index is 8.89. The zero-order valence-corrected chi connectivity index (χ0v) is 6.69. The van der Waals surface area contributed by atoms with Gasteiger partial charge in [0.15, 0.2) is 6.29 Å². The van der Waals surface area contributed by atoms with Gasteiger partial charge in [0.25, 0.3) is 0 Å². The van der Waals surface area contributed by atoms with Gasteiger partial charge in [-0.2, -0.15) is 0 Å². The lowest BCUT2D eigenvalue weighted by molar-refractivity contribution is -0.121. The summed E-state index contributed by atoms with van der Waals surface area (Å²) in [7, 11) is 0. The Morgan fingerprint density at radius 2 is 2.18 bits per heavy atom. The first kappa shape index (κ1) is 7.53. The van der Waals surface area contributed by atoms with E-state index < -0.39 is 0 Å². The van der Waals surface area contributed by atoms with Crippen LogP contribution < -0.4 is 0 Å². The van der Waals surface area contributed by atoms with Crippen LogP contribution >= 0.6 is 0 Å². The summed E-state index contributed by atoms with van der Waals surface area (Å²) in [5.41, 5.74) is 0. The predicted octanol–water partition coefficient (Wildman–Crippen LogP) is 0.519. The Hall–Kier alpha value is -0.120. The lowest BCUT2D eigenvalue weighted by Gasteiger charge is -2.23. The number of hydrogen-bond acceptors (Lipinski definition) is 3. The van der Waals surface area contributed by atoms with Gasteiger partial charge in [-0.05, 0) is 12.8 Å². The van der Waals surface area contributed by atoms with Crippen LogP contribution in [0, 0.1) is 5.92 Å². The first-order chi connectivity index (χ1) is 5.31. The van der Waals surface area contributed by atoms with Gasteiger partial charge in [0.1, 0.15) is 6.10 Å². The highest BCUT2D eigenvalue weighted by atomic mass is 16.7. The summed E-state index contributed by atoms with van der Waals surface area (Å²) in [6.45, 7) is 2.22. The molecule has 2 rings (SSSR count). The summed E-state index contributed by atoms with van der Waals surface area (Å²) in [6.07, 6.45) is 2.23. The summed E-state index contributed by atoms with van der Waals surface area (Å²) in [4.78, 5) is 0. The molecule has 3 nitrogen and oxygen atoms in total. The minimum Gasteiger partial charge on any atom is -0.394 e. The highest BCUT2D eigenvalue weighted by Gasteiger charge is 2.41. The van der Waals surface area contributed by atoms with Crippen molar-refractivity contribution in [2.45, 2.75) is 38.3 Å². The second-order valence-electron chi connectivity index (χ2n) is 3.45. The van der Waals surface area contributed by atoms with Gasteiger partial charge in [-0.1, -0.05) is 6.92 Å². The molecular formula is C8H14O3. The quantitative estimate of drug-likeness (QED) is 0.604. The van der Waals surface area contributed by atoms with E-state index in [2.05, 4.69) is 6.92 Å². The summed E-state index contributed by atoms with van der Waals surface area (Å²) in [6, 6.07) is 0. The van der Waals surface area contributed by atoms with E-state index in [4.69, 9.17) is 14.6 Å². The molecule has 2 bridgehead atoms. The Bertz CT molecular complexity index is 148. The normalized spacial score (nSPS) is 49.6. The summed E-state index contributed by atoms with van der Waals surface area (Å²) >= 11 is 0. The third-order valence-electron chi connectivity index (χ3n) is 2.58. The first-order valence-corrected chi connectivity index (χ1v) is 4.23. The van der Waals surface area contributed by atoms with Crippen LogP contribution in [-0.2, 0) is 9.47 Å². The molecule has 2 aliphatic rings. The molecule has 2 fully saturated rings. The largest absolute Gasteiger partial charge is 0.394 e. The molecule has 0 aromatic heterocycles. The molecule has 0 radical (unpaired) electrons. The third-order valence-corrected chi connectivity index (χ3v) is 2.58. The molecule has 3 heteroatoms. The van der Waals surface area contributed by atoms with Crippen LogP contribution in [0.25, 0.3) is 0 Å². The number of aliphatic hydroxyl groups is 1. The van der Waals surface area contributed by atoms with Crippen molar-refractivity contribution in [3.63, 3.8) is 0 Å². The lowest BCUT2D eigenvalue weighted by Crippen LogP contribution is -2.28. The minimum absolute atomic E-state index is 0.0501. The molecule has 2 heterocycles. The van der Waals surface area contributed by atoms with Crippen molar-refractivity contribution in [3.8, 4) is 0 Å². The molecule has 0 spiro atoms. The van der Waals surface area contributed by atoms with E-state index in [0.717, 1.165) is 12.8 Å². The molecule has 0 aromatic rings. The van der Waals surface area contributed by atoms with Gasteiger partial charge in [-0.3, -0.25) is 0 Å². The second-order valence-corrected chi connectivity index (χ2v) is 3.45. The molecule has 2 unspecified atom stereocenters. The van der Waals surface area contributed by atoms with Crippen molar-refractivity contribution in [1.82, 2.24) is 0 Å². The van der Waals surface area contributed by atoms with Crippen LogP contribution in [0.1, 0.15) is 19.8 Å². The van der Waals surface area contributed by atoms with Gasteiger partial charge < -0.3 is 14.6 Å². The monoisotopic (exact) mass is 158 g/mol. The van der Waals surface area contributed by atoms with Gasteiger partial charge in [-0.15, -0.1) is 0 Å². The van der Waals surface area contributed by atoms with Crippen LogP contribution in [0.4, 0.5) is 0 Å². The average Bonchev–Trinajstić information content (AvgIpc) is 2.37. The summed E-state index contributed by atoms with van der Waals surface area (Å²) in [5, 5.41) is 8.89. The molecular weight excluding hydrogens is 144 g/mol. The van der Waals surface area contributed by atoms with E-state index >= 15 is 0 Å². The van der Waals surface area contributed by atoms with Gasteiger partial charge in [0.2, 0.25) is 0 Å². The van der Waals surface area contributed by atoms with Gasteiger partial charge >= 0.3 is 0 Å². The Labute approximate surface area is 66.3 Å². The van der Waals surface area contributed by atoms with E-state index in [-0.39, 0.29) is 25.1 Å². The van der Waals surface area contributed by atoms with Gasteiger partial charge in [-0.25, -0.2) is 0 Å². The molecule has 2 aliphatic heterocycles. The molecule has 1 N–H and O–H groups in total. The molecule has 11 heavy (non-hydrogen) atoms. The molecule has 0 saturated carbocycles.